The third-order valence-electron chi connectivity index (χ3n) is 5.75. The van der Waals surface area contributed by atoms with Crippen LogP contribution in [0.1, 0.15) is 42.2 Å². The van der Waals surface area contributed by atoms with Crippen LogP contribution in [0.2, 0.25) is 0 Å². The summed E-state index contributed by atoms with van der Waals surface area (Å²) >= 11 is 0. The van der Waals surface area contributed by atoms with Gasteiger partial charge < -0.3 is 10.2 Å². The molecule has 1 aliphatic rings. The van der Waals surface area contributed by atoms with Crippen molar-refractivity contribution in [3.8, 4) is 0 Å². The van der Waals surface area contributed by atoms with Gasteiger partial charge >= 0.3 is 0 Å². The summed E-state index contributed by atoms with van der Waals surface area (Å²) in [5.41, 5.74) is 4.02. The first kappa shape index (κ1) is 18.3. The van der Waals surface area contributed by atoms with Crippen LogP contribution in [0.4, 0.5) is 11.4 Å². The molecule has 0 fully saturated rings. The molecule has 3 aromatic carbocycles. The van der Waals surface area contributed by atoms with Crippen LogP contribution in [-0.2, 0) is 0 Å². The molecule has 1 heterocycles. The van der Waals surface area contributed by atoms with Gasteiger partial charge in [0.2, 0.25) is 0 Å². The number of carbonyl (C=O) groups excluding carboxylic acids is 1. The molecule has 28 heavy (non-hydrogen) atoms. The van der Waals surface area contributed by atoms with Crippen molar-refractivity contribution in [1.82, 2.24) is 0 Å². The van der Waals surface area contributed by atoms with Crippen LogP contribution in [0.3, 0.4) is 0 Å². The highest BCUT2D eigenvalue weighted by molar-refractivity contribution is 6.07. The fourth-order valence-corrected chi connectivity index (χ4v) is 4.35. The van der Waals surface area contributed by atoms with E-state index in [2.05, 4.69) is 49.5 Å². The molecule has 3 nitrogen and oxygen atoms in total. The molecule has 3 unspecified atom stereocenters. The number of anilines is 2. The lowest BCUT2D eigenvalue weighted by atomic mass is 9.80. The van der Waals surface area contributed by atoms with Gasteiger partial charge in [0.25, 0.3) is 5.91 Å². The summed E-state index contributed by atoms with van der Waals surface area (Å²) in [7, 11) is 0. The summed E-state index contributed by atoms with van der Waals surface area (Å²) in [5, 5.41) is 3.71. The van der Waals surface area contributed by atoms with Gasteiger partial charge in [0.15, 0.2) is 0 Å². The number of hydrogen-bond acceptors (Lipinski definition) is 2. The lowest BCUT2D eigenvalue weighted by Crippen LogP contribution is -2.50. The molecule has 1 amide bonds. The summed E-state index contributed by atoms with van der Waals surface area (Å²) in [6.45, 7) is 4.41. The lowest BCUT2D eigenvalue weighted by molar-refractivity contribution is 0.0960. The Balaban J connectivity index is 1.77. The largest absolute Gasteiger partial charge is 0.378 e. The molecular formula is C25H26N2O. The van der Waals surface area contributed by atoms with Gasteiger partial charge in [0.05, 0.1) is 6.04 Å². The Morgan fingerprint density at radius 1 is 0.893 bits per heavy atom. The standard InChI is InChI=1S/C25H26N2O/c1-3-22-18(2)24(26-20-14-8-5-9-15-20)21-16-10-11-17-23(21)27(22)25(28)19-12-6-4-7-13-19/h4-18,22,24,26H,3H2,1-2H3. The first-order chi connectivity index (χ1) is 13.7. The number of rotatable bonds is 4. The van der Waals surface area contributed by atoms with E-state index in [9.17, 15) is 4.79 Å². The molecule has 0 saturated heterocycles. The van der Waals surface area contributed by atoms with Crippen LogP contribution in [0.15, 0.2) is 84.9 Å². The van der Waals surface area contributed by atoms with E-state index in [1.54, 1.807) is 0 Å². The number of carbonyl (C=O) groups is 1. The zero-order valence-corrected chi connectivity index (χ0v) is 16.4. The smallest absolute Gasteiger partial charge is 0.258 e. The van der Waals surface area contributed by atoms with E-state index in [0.717, 1.165) is 23.4 Å². The Bertz CT molecular complexity index is 939. The van der Waals surface area contributed by atoms with Crippen molar-refractivity contribution < 1.29 is 4.79 Å². The maximum atomic E-state index is 13.4. The van der Waals surface area contributed by atoms with Crippen LogP contribution in [-0.4, -0.2) is 11.9 Å². The first-order valence-corrected chi connectivity index (χ1v) is 9.99. The minimum absolute atomic E-state index is 0.0740. The zero-order chi connectivity index (χ0) is 19.5. The maximum Gasteiger partial charge on any atom is 0.258 e. The summed E-state index contributed by atoms with van der Waals surface area (Å²) in [4.78, 5) is 15.5. The third-order valence-corrected chi connectivity index (χ3v) is 5.75. The minimum Gasteiger partial charge on any atom is -0.378 e. The average molecular weight is 370 g/mol. The third kappa shape index (κ3) is 3.29. The lowest BCUT2D eigenvalue weighted by Gasteiger charge is -2.45. The van der Waals surface area contributed by atoms with Gasteiger partial charge in [-0.1, -0.05) is 68.4 Å². The maximum absolute atomic E-state index is 13.4. The minimum atomic E-state index is 0.0740. The van der Waals surface area contributed by atoms with Gasteiger partial charge in [-0.3, -0.25) is 4.79 Å². The van der Waals surface area contributed by atoms with E-state index >= 15 is 0 Å². The quantitative estimate of drug-likeness (QED) is 0.619. The molecule has 0 aromatic heterocycles. The van der Waals surface area contributed by atoms with E-state index in [-0.39, 0.29) is 23.9 Å². The van der Waals surface area contributed by atoms with Crippen molar-refractivity contribution in [1.29, 1.82) is 0 Å². The van der Waals surface area contributed by atoms with Gasteiger partial charge in [-0.05, 0) is 42.3 Å². The van der Waals surface area contributed by atoms with Gasteiger partial charge in [0, 0.05) is 28.9 Å². The molecule has 3 heteroatoms. The van der Waals surface area contributed by atoms with E-state index < -0.39 is 0 Å². The molecule has 142 valence electrons. The van der Waals surface area contributed by atoms with Gasteiger partial charge in [-0.2, -0.15) is 0 Å². The first-order valence-electron chi connectivity index (χ1n) is 9.99. The van der Waals surface area contributed by atoms with Crippen molar-refractivity contribution in [2.45, 2.75) is 32.4 Å². The molecule has 3 atom stereocenters. The van der Waals surface area contributed by atoms with Crippen LogP contribution in [0.25, 0.3) is 0 Å². The monoisotopic (exact) mass is 370 g/mol. The highest BCUT2D eigenvalue weighted by Gasteiger charge is 2.40. The molecule has 4 rings (SSSR count). The molecule has 0 bridgehead atoms. The molecule has 0 aliphatic carbocycles. The number of para-hydroxylation sites is 2. The predicted octanol–water partition coefficient (Wildman–Crippen LogP) is 5.91. The van der Waals surface area contributed by atoms with Crippen LogP contribution < -0.4 is 10.2 Å². The molecular weight excluding hydrogens is 344 g/mol. The molecule has 0 saturated carbocycles. The Hall–Kier alpha value is -3.07. The van der Waals surface area contributed by atoms with Crippen LogP contribution in [0, 0.1) is 5.92 Å². The highest BCUT2D eigenvalue weighted by atomic mass is 16.2. The Labute approximate surface area is 167 Å². The van der Waals surface area contributed by atoms with Gasteiger partial charge in [-0.25, -0.2) is 0 Å². The molecule has 3 aromatic rings. The van der Waals surface area contributed by atoms with Crippen molar-refractivity contribution in [3.05, 3.63) is 96.1 Å². The van der Waals surface area contributed by atoms with E-state index in [0.29, 0.717) is 0 Å². The fraction of sp³-hybridized carbons (Fsp3) is 0.240. The highest BCUT2D eigenvalue weighted by Crippen LogP contribution is 2.43. The zero-order valence-electron chi connectivity index (χ0n) is 16.4. The molecule has 0 spiro atoms. The van der Waals surface area contributed by atoms with Crippen molar-refractivity contribution in [2.75, 3.05) is 10.2 Å². The average Bonchev–Trinajstić information content (AvgIpc) is 2.76. The summed E-state index contributed by atoms with van der Waals surface area (Å²) in [6, 6.07) is 28.5. The fourth-order valence-electron chi connectivity index (χ4n) is 4.35. The Morgan fingerprint density at radius 3 is 2.18 bits per heavy atom. The van der Waals surface area contributed by atoms with Crippen LogP contribution in [0.5, 0.6) is 0 Å². The second kappa shape index (κ2) is 7.89. The number of nitrogens with one attached hydrogen (secondary N) is 1. The number of benzene rings is 3. The molecule has 1 aliphatic heterocycles. The van der Waals surface area contributed by atoms with Crippen molar-refractivity contribution >= 4 is 17.3 Å². The Kier molecular flexibility index (Phi) is 5.16. The predicted molar refractivity (Wildman–Crippen MR) is 116 cm³/mol. The SMILES string of the molecule is CCC1C(C)C(Nc2ccccc2)c2ccccc2N1C(=O)c1ccccc1. The molecule has 0 radical (unpaired) electrons. The van der Waals surface area contributed by atoms with Crippen LogP contribution >= 0.6 is 0 Å². The number of hydrogen-bond donors (Lipinski definition) is 1. The van der Waals surface area contributed by atoms with Crippen molar-refractivity contribution in [3.63, 3.8) is 0 Å². The second-order valence-electron chi connectivity index (χ2n) is 7.42. The van der Waals surface area contributed by atoms with Gasteiger partial charge in [0.1, 0.15) is 0 Å². The number of nitrogens with zero attached hydrogens (tertiary/aromatic N) is 1. The van der Waals surface area contributed by atoms with E-state index in [4.69, 9.17) is 0 Å². The number of fused-ring (bicyclic) bond motifs is 1. The van der Waals surface area contributed by atoms with E-state index in [1.165, 1.54) is 5.56 Å². The summed E-state index contributed by atoms with van der Waals surface area (Å²) in [6.07, 6.45) is 0.904. The topological polar surface area (TPSA) is 32.3 Å². The second-order valence-corrected chi connectivity index (χ2v) is 7.42. The van der Waals surface area contributed by atoms with Crippen molar-refractivity contribution in [2.24, 2.45) is 5.92 Å². The molecule has 1 N–H and O–H groups in total. The Morgan fingerprint density at radius 2 is 1.50 bits per heavy atom. The summed E-state index contributed by atoms with van der Waals surface area (Å²) < 4.78 is 0. The normalized spacial score (nSPS) is 21.1. The number of amides is 1. The van der Waals surface area contributed by atoms with E-state index in [1.807, 2.05) is 59.5 Å². The summed E-state index contributed by atoms with van der Waals surface area (Å²) in [5.74, 6) is 0.345. The van der Waals surface area contributed by atoms with Gasteiger partial charge in [-0.15, -0.1) is 0 Å².